The lowest BCUT2D eigenvalue weighted by atomic mass is 9.97. The van der Waals surface area contributed by atoms with Crippen LogP contribution in [0, 0.1) is 6.92 Å². The molecule has 1 aliphatic carbocycles. The summed E-state index contributed by atoms with van der Waals surface area (Å²) in [6.45, 7) is 2.25. The number of amides is 1. The molecule has 0 atom stereocenters. The van der Waals surface area contributed by atoms with Gasteiger partial charge in [-0.3, -0.25) is 9.89 Å². The molecule has 166 valence electrons. The number of halogens is 1. The molecule has 0 saturated carbocycles. The van der Waals surface area contributed by atoms with Crippen LogP contribution in [-0.2, 0) is 12.8 Å². The molecular weight excluding hydrogens is 410 g/mol. The molecule has 0 bridgehead atoms. The van der Waals surface area contributed by atoms with Gasteiger partial charge >= 0.3 is 0 Å². The standard InChI is InChI=1S/C12H19N3O2.C7H7Cl.C6H6/c16-8-7-13-12(17)11-9-5-3-1-2-4-6-10(9)14-15-11;1-6-3-2-4-7(8)5-6;1-2-4-6-5-3-1/h16H,1-8H2,(H,13,17)(H,14,15);2-5H,1H3;1-6H. The van der Waals surface area contributed by atoms with Crippen LogP contribution in [0.15, 0.2) is 60.7 Å². The van der Waals surface area contributed by atoms with E-state index in [9.17, 15) is 4.79 Å². The van der Waals surface area contributed by atoms with Gasteiger partial charge in [-0.05, 0) is 50.3 Å². The number of aliphatic hydroxyl groups excluding tert-OH is 1. The van der Waals surface area contributed by atoms with Crippen molar-refractivity contribution in [2.75, 3.05) is 13.2 Å². The zero-order valence-corrected chi connectivity index (χ0v) is 18.9. The van der Waals surface area contributed by atoms with Crippen LogP contribution in [-0.4, -0.2) is 34.4 Å². The zero-order valence-electron chi connectivity index (χ0n) is 18.1. The summed E-state index contributed by atoms with van der Waals surface area (Å²) in [5.74, 6) is -0.183. The first kappa shape index (κ1) is 24.6. The SMILES string of the molecule is Cc1cccc(Cl)c1.O=C(NCCO)c1n[nH]c2c1CCCCCC2.c1ccccc1. The van der Waals surface area contributed by atoms with Gasteiger partial charge in [0.25, 0.3) is 5.91 Å². The Morgan fingerprint density at radius 2 is 1.68 bits per heavy atom. The van der Waals surface area contributed by atoms with Crippen LogP contribution in [0.1, 0.15) is 53.0 Å². The molecule has 0 aliphatic heterocycles. The second-order valence-electron chi connectivity index (χ2n) is 7.38. The minimum Gasteiger partial charge on any atom is -0.395 e. The van der Waals surface area contributed by atoms with Crippen molar-refractivity contribution < 1.29 is 9.90 Å². The van der Waals surface area contributed by atoms with Crippen molar-refractivity contribution in [3.05, 3.63) is 88.2 Å². The number of carbonyl (C=O) groups excluding carboxylic acids is 1. The first-order chi connectivity index (χ1) is 15.1. The Hall–Kier alpha value is -2.63. The third-order valence-corrected chi connectivity index (χ3v) is 5.05. The number of hydrogen-bond acceptors (Lipinski definition) is 3. The molecule has 0 saturated heterocycles. The molecule has 31 heavy (non-hydrogen) atoms. The number of nitrogens with one attached hydrogen (secondary N) is 2. The molecule has 0 radical (unpaired) electrons. The molecule has 0 unspecified atom stereocenters. The molecule has 5 nitrogen and oxygen atoms in total. The normalized spacial score (nSPS) is 12.6. The monoisotopic (exact) mass is 441 g/mol. The summed E-state index contributed by atoms with van der Waals surface area (Å²) in [5.41, 5.74) is 3.90. The van der Waals surface area contributed by atoms with Crippen molar-refractivity contribution in [2.24, 2.45) is 0 Å². The topological polar surface area (TPSA) is 78.0 Å². The summed E-state index contributed by atoms with van der Waals surface area (Å²) in [6.07, 6.45) is 6.66. The number of aliphatic hydroxyl groups is 1. The van der Waals surface area contributed by atoms with Crippen LogP contribution < -0.4 is 5.32 Å². The number of benzene rings is 2. The highest BCUT2D eigenvalue weighted by molar-refractivity contribution is 6.30. The van der Waals surface area contributed by atoms with E-state index in [2.05, 4.69) is 15.5 Å². The quantitative estimate of drug-likeness (QED) is 0.527. The highest BCUT2D eigenvalue weighted by Gasteiger charge is 2.19. The summed E-state index contributed by atoms with van der Waals surface area (Å²) in [4.78, 5) is 11.8. The summed E-state index contributed by atoms with van der Waals surface area (Å²) >= 11 is 5.64. The minimum atomic E-state index is -0.183. The van der Waals surface area contributed by atoms with Crippen LogP contribution in [0.25, 0.3) is 0 Å². The lowest BCUT2D eigenvalue weighted by molar-refractivity contribution is 0.0938. The van der Waals surface area contributed by atoms with E-state index >= 15 is 0 Å². The highest BCUT2D eigenvalue weighted by atomic mass is 35.5. The number of aromatic amines is 1. The molecule has 1 heterocycles. The van der Waals surface area contributed by atoms with Crippen LogP contribution in [0.2, 0.25) is 5.02 Å². The average Bonchev–Trinajstić information content (AvgIpc) is 3.15. The summed E-state index contributed by atoms with van der Waals surface area (Å²) in [7, 11) is 0. The number of aryl methyl sites for hydroxylation is 2. The van der Waals surface area contributed by atoms with E-state index in [1.54, 1.807) is 0 Å². The van der Waals surface area contributed by atoms with Crippen molar-refractivity contribution in [1.29, 1.82) is 0 Å². The van der Waals surface area contributed by atoms with Crippen LogP contribution in [0.5, 0.6) is 0 Å². The molecule has 1 amide bonds. The maximum Gasteiger partial charge on any atom is 0.272 e. The van der Waals surface area contributed by atoms with E-state index in [0.717, 1.165) is 42.0 Å². The minimum absolute atomic E-state index is 0.0433. The Morgan fingerprint density at radius 1 is 1.03 bits per heavy atom. The molecule has 2 aromatic carbocycles. The molecule has 1 aliphatic rings. The van der Waals surface area contributed by atoms with E-state index in [0.29, 0.717) is 5.69 Å². The van der Waals surface area contributed by atoms with E-state index in [1.807, 2.05) is 67.6 Å². The lowest BCUT2D eigenvalue weighted by Gasteiger charge is -2.09. The molecule has 3 aromatic rings. The first-order valence-corrected chi connectivity index (χ1v) is 11.2. The smallest absolute Gasteiger partial charge is 0.272 e. The van der Waals surface area contributed by atoms with Gasteiger partial charge in [0.2, 0.25) is 0 Å². The van der Waals surface area contributed by atoms with Gasteiger partial charge in [0.05, 0.1) is 6.61 Å². The summed E-state index contributed by atoms with van der Waals surface area (Å²) in [6, 6.07) is 19.8. The summed E-state index contributed by atoms with van der Waals surface area (Å²) in [5, 5.41) is 19.2. The number of carbonyl (C=O) groups is 1. The van der Waals surface area contributed by atoms with E-state index in [-0.39, 0.29) is 19.1 Å². The number of aromatic nitrogens is 2. The van der Waals surface area contributed by atoms with E-state index < -0.39 is 0 Å². The Labute approximate surface area is 189 Å². The fourth-order valence-corrected chi connectivity index (χ4v) is 3.51. The third-order valence-electron chi connectivity index (χ3n) is 4.82. The van der Waals surface area contributed by atoms with Gasteiger partial charge in [0.1, 0.15) is 0 Å². The number of fused-ring (bicyclic) bond motifs is 1. The predicted octanol–water partition coefficient (Wildman–Crippen LogP) is 5.13. The second kappa shape index (κ2) is 14.4. The molecule has 4 rings (SSSR count). The number of H-pyrrole nitrogens is 1. The number of nitrogens with zero attached hydrogens (tertiary/aromatic N) is 1. The van der Waals surface area contributed by atoms with E-state index in [4.69, 9.17) is 16.7 Å². The summed E-state index contributed by atoms with van der Waals surface area (Å²) < 4.78 is 0. The van der Waals surface area contributed by atoms with Crippen molar-refractivity contribution in [3.8, 4) is 0 Å². The van der Waals surface area contributed by atoms with Gasteiger partial charge in [-0.15, -0.1) is 0 Å². The van der Waals surface area contributed by atoms with Gasteiger partial charge in [-0.1, -0.05) is 73.0 Å². The highest BCUT2D eigenvalue weighted by Crippen LogP contribution is 2.21. The Balaban J connectivity index is 0.000000200. The van der Waals surface area contributed by atoms with Crippen LogP contribution in [0.3, 0.4) is 0 Å². The number of rotatable bonds is 3. The maximum absolute atomic E-state index is 11.8. The molecule has 6 heteroatoms. The predicted molar refractivity (Wildman–Crippen MR) is 127 cm³/mol. The van der Waals surface area contributed by atoms with Gasteiger partial charge in [0.15, 0.2) is 5.69 Å². The maximum atomic E-state index is 11.8. The zero-order chi connectivity index (χ0) is 22.3. The Bertz CT molecular complexity index is 853. The van der Waals surface area contributed by atoms with E-state index in [1.165, 1.54) is 18.4 Å². The van der Waals surface area contributed by atoms with Crippen LogP contribution in [0.4, 0.5) is 0 Å². The fourth-order valence-electron chi connectivity index (χ4n) is 3.27. The Kier molecular flexibility index (Phi) is 11.4. The van der Waals surface area contributed by atoms with Crippen molar-refractivity contribution >= 4 is 17.5 Å². The van der Waals surface area contributed by atoms with Gasteiger partial charge < -0.3 is 10.4 Å². The fraction of sp³-hybridized carbons (Fsp3) is 0.360. The first-order valence-electron chi connectivity index (χ1n) is 10.8. The molecular formula is C25H32ClN3O2. The van der Waals surface area contributed by atoms with Crippen molar-refractivity contribution in [3.63, 3.8) is 0 Å². The largest absolute Gasteiger partial charge is 0.395 e. The molecule has 1 aromatic heterocycles. The molecule has 0 spiro atoms. The Morgan fingerprint density at radius 3 is 2.23 bits per heavy atom. The molecule has 0 fully saturated rings. The van der Waals surface area contributed by atoms with Gasteiger partial charge in [-0.25, -0.2) is 0 Å². The van der Waals surface area contributed by atoms with Crippen molar-refractivity contribution in [2.45, 2.75) is 45.4 Å². The number of hydrogen-bond donors (Lipinski definition) is 3. The van der Waals surface area contributed by atoms with Crippen LogP contribution >= 0.6 is 11.6 Å². The van der Waals surface area contributed by atoms with Crippen molar-refractivity contribution in [1.82, 2.24) is 15.5 Å². The average molecular weight is 442 g/mol. The molecule has 3 N–H and O–H groups in total. The van der Waals surface area contributed by atoms with Gasteiger partial charge in [0, 0.05) is 22.8 Å². The van der Waals surface area contributed by atoms with Gasteiger partial charge in [-0.2, -0.15) is 5.10 Å². The second-order valence-corrected chi connectivity index (χ2v) is 7.81. The third kappa shape index (κ3) is 9.37. The lowest BCUT2D eigenvalue weighted by Crippen LogP contribution is -2.27.